The highest BCUT2D eigenvalue weighted by molar-refractivity contribution is 9.10. The van der Waals surface area contributed by atoms with E-state index >= 15 is 0 Å². The van der Waals surface area contributed by atoms with Crippen LogP contribution in [-0.2, 0) is 12.4 Å². The van der Waals surface area contributed by atoms with E-state index in [9.17, 15) is 26.3 Å². The van der Waals surface area contributed by atoms with E-state index in [2.05, 4.69) is 36.8 Å². The zero-order valence-corrected chi connectivity index (χ0v) is 12.9. The molecule has 1 aromatic carbocycles. The molecule has 0 bridgehead atoms. The predicted octanol–water partition coefficient (Wildman–Crippen LogP) is 5.43. The molecule has 0 N–H and O–H groups in total. The average molecular weight is 438 g/mol. The summed E-state index contributed by atoms with van der Waals surface area (Å²) >= 11 is 5.47. The van der Waals surface area contributed by atoms with Crippen molar-refractivity contribution < 1.29 is 26.3 Å². The molecule has 0 spiro atoms. The van der Waals surface area contributed by atoms with Crippen molar-refractivity contribution in [1.82, 2.24) is 9.55 Å². The molecule has 10 heteroatoms. The molecule has 0 aliphatic rings. The number of alkyl halides is 6. The lowest BCUT2D eigenvalue weighted by molar-refractivity contribution is -0.144. The normalized spacial score (nSPS) is 12.8. The van der Waals surface area contributed by atoms with Crippen LogP contribution in [0.3, 0.4) is 0 Å². The van der Waals surface area contributed by atoms with Gasteiger partial charge in [0.15, 0.2) is 5.69 Å². The monoisotopic (exact) mass is 436 g/mol. The summed E-state index contributed by atoms with van der Waals surface area (Å²) in [5.74, 6) is 0. The molecule has 0 unspecified atom stereocenters. The van der Waals surface area contributed by atoms with E-state index in [0.717, 1.165) is 6.07 Å². The number of hydrogen-bond acceptors (Lipinski definition) is 1. The molecular formula is C11H4Br2F6N2. The Labute approximate surface area is 131 Å². The Bertz CT molecular complexity index is 674. The molecule has 0 aliphatic carbocycles. The maximum atomic E-state index is 13.0. The molecule has 0 saturated carbocycles. The van der Waals surface area contributed by atoms with Crippen LogP contribution in [-0.4, -0.2) is 9.55 Å². The van der Waals surface area contributed by atoms with Gasteiger partial charge in [-0.15, -0.1) is 0 Å². The topological polar surface area (TPSA) is 17.8 Å². The highest BCUT2D eigenvalue weighted by atomic mass is 79.9. The Morgan fingerprint density at radius 3 is 2.10 bits per heavy atom. The molecule has 0 amide bonds. The lowest BCUT2D eigenvalue weighted by atomic mass is 10.1. The number of hydrogen-bond donors (Lipinski definition) is 0. The second-order valence-corrected chi connectivity index (χ2v) is 5.58. The SMILES string of the molecule is FC(F)(F)c1cc(Br)ccc1-n1cnc(Br)c1C(F)(F)F. The van der Waals surface area contributed by atoms with E-state index < -0.39 is 33.9 Å². The van der Waals surface area contributed by atoms with E-state index in [1.807, 2.05) is 0 Å². The van der Waals surface area contributed by atoms with Gasteiger partial charge in [-0.2, -0.15) is 26.3 Å². The van der Waals surface area contributed by atoms with Gasteiger partial charge in [-0.05, 0) is 34.1 Å². The van der Waals surface area contributed by atoms with Crippen molar-refractivity contribution >= 4 is 31.9 Å². The van der Waals surface area contributed by atoms with Gasteiger partial charge >= 0.3 is 12.4 Å². The molecule has 0 radical (unpaired) electrons. The molecule has 0 saturated heterocycles. The van der Waals surface area contributed by atoms with Gasteiger partial charge in [0.1, 0.15) is 10.9 Å². The minimum absolute atomic E-state index is 0.103. The maximum Gasteiger partial charge on any atom is 0.434 e. The molecule has 0 atom stereocenters. The van der Waals surface area contributed by atoms with Crippen LogP contribution >= 0.6 is 31.9 Å². The van der Waals surface area contributed by atoms with Crippen LogP contribution in [0.25, 0.3) is 5.69 Å². The Hall–Kier alpha value is -1.03. The number of nitrogens with zero attached hydrogens (tertiary/aromatic N) is 2. The third-order valence-corrected chi connectivity index (χ3v) is 3.59. The van der Waals surface area contributed by atoms with Crippen LogP contribution in [0, 0.1) is 0 Å². The van der Waals surface area contributed by atoms with Gasteiger partial charge in [0.05, 0.1) is 11.3 Å². The summed E-state index contributed by atoms with van der Waals surface area (Å²) in [6.45, 7) is 0. The van der Waals surface area contributed by atoms with Crippen LogP contribution in [0.15, 0.2) is 33.6 Å². The van der Waals surface area contributed by atoms with Crippen molar-refractivity contribution in [2.24, 2.45) is 0 Å². The first-order chi connectivity index (χ1) is 9.51. The van der Waals surface area contributed by atoms with Crippen LogP contribution in [0.4, 0.5) is 26.3 Å². The summed E-state index contributed by atoms with van der Waals surface area (Å²) in [5.41, 5.74) is -3.17. The van der Waals surface area contributed by atoms with Crippen LogP contribution in [0.2, 0.25) is 0 Å². The predicted molar refractivity (Wildman–Crippen MR) is 69.0 cm³/mol. The Morgan fingerprint density at radius 1 is 0.952 bits per heavy atom. The summed E-state index contributed by atoms with van der Waals surface area (Å²) in [4.78, 5) is 3.39. The van der Waals surface area contributed by atoms with E-state index in [4.69, 9.17) is 0 Å². The lowest BCUT2D eigenvalue weighted by Crippen LogP contribution is -2.16. The number of benzene rings is 1. The molecule has 0 fully saturated rings. The molecule has 2 rings (SSSR count). The fourth-order valence-corrected chi connectivity index (χ4v) is 2.58. The van der Waals surface area contributed by atoms with Crippen molar-refractivity contribution in [3.8, 4) is 5.69 Å². The van der Waals surface area contributed by atoms with Crippen LogP contribution < -0.4 is 0 Å². The zero-order valence-electron chi connectivity index (χ0n) is 9.73. The molecule has 1 aromatic heterocycles. The standard InChI is InChI=1S/C11H4Br2F6N2/c12-5-1-2-7(6(3-5)10(14,15)16)21-4-20-9(13)8(21)11(17,18)19/h1-4H. The number of aromatic nitrogens is 2. The lowest BCUT2D eigenvalue weighted by Gasteiger charge is -2.17. The Morgan fingerprint density at radius 2 is 1.57 bits per heavy atom. The first-order valence-corrected chi connectivity index (χ1v) is 6.77. The van der Waals surface area contributed by atoms with Gasteiger partial charge in [-0.1, -0.05) is 15.9 Å². The second-order valence-electron chi connectivity index (χ2n) is 3.91. The highest BCUT2D eigenvalue weighted by Gasteiger charge is 2.41. The third kappa shape index (κ3) is 3.25. The molecule has 2 nitrogen and oxygen atoms in total. The quantitative estimate of drug-likeness (QED) is 0.543. The smallest absolute Gasteiger partial charge is 0.294 e. The maximum absolute atomic E-state index is 13.0. The van der Waals surface area contributed by atoms with Crippen molar-refractivity contribution in [3.05, 3.63) is 44.9 Å². The van der Waals surface area contributed by atoms with Crippen molar-refractivity contribution in [2.75, 3.05) is 0 Å². The van der Waals surface area contributed by atoms with Crippen molar-refractivity contribution in [2.45, 2.75) is 12.4 Å². The summed E-state index contributed by atoms with van der Waals surface area (Å²) in [6.07, 6.45) is -8.98. The van der Waals surface area contributed by atoms with Gasteiger partial charge in [0.2, 0.25) is 0 Å². The Balaban J connectivity index is 2.75. The minimum atomic E-state index is -4.86. The van der Waals surface area contributed by atoms with E-state index in [-0.39, 0.29) is 4.47 Å². The largest absolute Gasteiger partial charge is 0.434 e. The first-order valence-electron chi connectivity index (χ1n) is 5.19. The number of imidazole rings is 1. The molecule has 2 aromatic rings. The van der Waals surface area contributed by atoms with Gasteiger partial charge in [-0.25, -0.2) is 4.98 Å². The fraction of sp³-hybridized carbons (Fsp3) is 0.182. The van der Waals surface area contributed by atoms with E-state index in [1.54, 1.807) is 0 Å². The zero-order chi connectivity index (χ0) is 16.0. The first kappa shape index (κ1) is 16.3. The van der Waals surface area contributed by atoms with Crippen LogP contribution in [0.5, 0.6) is 0 Å². The minimum Gasteiger partial charge on any atom is -0.294 e. The van der Waals surface area contributed by atoms with Gasteiger partial charge in [0.25, 0.3) is 0 Å². The third-order valence-electron chi connectivity index (χ3n) is 2.51. The summed E-state index contributed by atoms with van der Waals surface area (Å²) in [7, 11) is 0. The van der Waals surface area contributed by atoms with Gasteiger partial charge < -0.3 is 0 Å². The van der Waals surface area contributed by atoms with Crippen molar-refractivity contribution in [1.29, 1.82) is 0 Å². The van der Waals surface area contributed by atoms with Crippen molar-refractivity contribution in [3.63, 3.8) is 0 Å². The molecule has 1 heterocycles. The van der Waals surface area contributed by atoms with Gasteiger partial charge in [-0.3, -0.25) is 4.57 Å². The number of rotatable bonds is 1. The summed E-state index contributed by atoms with van der Waals surface area (Å²) < 4.78 is 77.8. The van der Waals surface area contributed by atoms with Gasteiger partial charge in [0, 0.05) is 4.47 Å². The number of halogens is 8. The highest BCUT2D eigenvalue weighted by Crippen LogP contribution is 2.40. The average Bonchev–Trinajstić information content (AvgIpc) is 2.69. The second kappa shape index (κ2) is 5.31. The molecule has 21 heavy (non-hydrogen) atoms. The fourth-order valence-electron chi connectivity index (χ4n) is 1.71. The molecule has 0 aliphatic heterocycles. The van der Waals surface area contributed by atoms with E-state index in [1.165, 1.54) is 6.07 Å². The molecular weight excluding hydrogens is 434 g/mol. The summed E-state index contributed by atoms with van der Waals surface area (Å²) in [5, 5.41) is 0. The van der Waals surface area contributed by atoms with Crippen LogP contribution in [0.1, 0.15) is 11.3 Å². The van der Waals surface area contributed by atoms with E-state index in [0.29, 0.717) is 17.0 Å². The summed E-state index contributed by atoms with van der Waals surface area (Å²) in [6, 6.07) is 2.87. The molecule has 114 valence electrons. The Kier molecular flexibility index (Phi) is 4.13.